The summed E-state index contributed by atoms with van der Waals surface area (Å²) in [7, 11) is 0. The van der Waals surface area contributed by atoms with Gasteiger partial charge in [-0.15, -0.1) is 0 Å². The highest BCUT2D eigenvalue weighted by Crippen LogP contribution is 1.92. The Morgan fingerprint density at radius 3 is 2.80 bits per heavy atom. The summed E-state index contributed by atoms with van der Waals surface area (Å²) in [6.07, 6.45) is 0.770. The highest BCUT2D eigenvalue weighted by atomic mass is 35.5. The lowest BCUT2D eigenvalue weighted by Gasteiger charge is -2.00. The van der Waals surface area contributed by atoms with E-state index in [1.54, 1.807) is 0 Å². The van der Waals surface area contributed by atoms with Crippen molar-refractivity contribution in [3.05, 3.63) is 0 Å². The predicted molar refractivity (Wildman–Crippen MR) is 38.5 cm³/mol. The van der Waals surface area contributed by atoms with Crippen LogP contribution in [0.1, 0.15) is 12.8 Å². The van der Waals surface area contributed by atoms with Crippen LogP contribution >= 0.6 is 11.6 Å². The Bertz CT molecular complexity index is 170. The molecule has 0 aliphatic rings. The number of hydrogen-bond donors (Lipinski definition) is 2. The molecule has 3 N–H and O–H groups in total. The average molecular weight is 162 g/mol. The summed E-state index contributed by atoms with van der Waals surface area (Å²) in [4.78, 5) is 10.1. The second kappa shape index (κ2) is 5.10. The van der Waals surface area contributed by atoms with Gasteiger partial charge in [0, 0.05) is 11.8 Å². The smallest absolute Gasteiger partial charge is 0.320 e. The minimum atomic E-state index is -1.00. The zero-order chi connectivity index (χ0) is 7.98. The molecular formula is C6H8ClNO2. The summed E-state index contributed by atoms with van der Waals surface area (Å²) >= 11 is 5.02. The first-order chi connectivity index (χ1) is 4.68. The molecule has 0 heterocycles. The van der Waals surface area contributed by atoms with E-state index in [2.05, 4.69) is 11.3 Å². The molecule has 0 radical (unpaired) electrons. The number of carbonyl (C=O) groups is 1. The maximum absolute atomic E-state index is 10.1. The normalized spacial score (nSPS) is 11.4. The van der Waals surface area contributed by atoms with Gasteiger partial charge >= 0.3 is 5.97 Å². The van der Waals surface area contributed by atoms with E-state index in [4.69, 9.17) is 22.4 Å². The van der Waals surface area contributed by atoms with Gasteiger partial charge in [-0.25, -0.2) is 0 Å². The maximum atomic E-state index is 10.1. The van der Waals surface area contributed by atoms with E-state index in [-0.39, 0.29) is 0 Å². The van der Waals surface area contributed by atoms with Crippen molar-refractivity contribution in [2.75, 3.05) is 0 Å². The number of halogens is 1. The second-order valence-electron chi connectivity index (χ2n) is 1.75. The van der Waals surface area contributed by atoms with Gasteiger partial charge in [0.05, 0.1) is 0 Å². The number of hydrogen-bond acceptors (Lipinski definition) is 2. The predicted octanol–water partition coefficient (Wildman–Crippen LogP) is 0.378. The van der Waals surface area contributed by atoms with Crippen LogP contribution in [0.3, 0.4) is 0 Å². The van der Waals surface area contributed by atoms with Gasteiger partial charge in [-0.2, -0.15) is 0 Å². The average Bonchev–Trinajstić information content (AvgIpc) is 1.88. The molecule has 0 aromatic heterocycles. The topological polar surface area (TPSA) is 63.3 Å². The molecule has 0 saturated heterocycles. The van der Waals surface area contributed by atoms with Crippen LogP contribution in [-0.2, 0) is 4.79 Å². The molecule has 0 aliphatic carbocycles. The largest absolute Gasteiger partial charge is 0.480 e. The van der Waals surface area contributed by atoms with Gasteiger partial charge in [-0.3, -0.25) is 4.79 Å². The summed E-state index contributed by atoms with van der Waals surface area (Å²) in [5, 5.41) is 10.4. The van der Waals surface area contributed by atoms with Gasteiger partial charge in [0.1, 0.15) is 6.04 Å². The Balaban J connectivity index is 3.46. The molecule has 0 fully saturated rings. The highest BCUT2D eigenvalue weighted by Gasteiger charge is 2.08. The van der Waals surface area contributed by atoms with Crippen LogP contribution in [0.2, 0.25) is 0 Å². The van der Waals surface area contributed by atoms with Crippen LogP contribution < -0.4 is 5.73 Å². The van der Waals surface area contributed by atoms with Crippen LogP contribution in [0.15, 0.2) is 0 Å². The third kappa shape index (κ3) is 4.19. The van der Waals surface area contributed by atoms with Crippen molar-refractivity contribution in [3.8, 4) is 11.3 Å². The van der Waals surface area contributed by atoms with Gasteiger partial charge in [0.15, 0.2) is 0 Å². The Morgan fingerprint density at radius 2 is 2.40 bits per heavy atom. The van der Waals surface area contributed by atoms with Gasteiger partial charge < -0.3 is 10.8 Å². The van der Waals surface area contributed by atoms with E-state index in [0.29, 0.717) is 12.8 Å². The molecule has 3 nitrogen and oxygen atoms in total. The minimum Gasteiger partial charge on any atom is -0.480 e. The van der Waals surface area contributed by atoms with Gasteiger partial charge in [0.25, 0.3) is 0 Å². The van der Waals surface area contributed by atoms with Gasteiger partial charge in [-0.1, -0.05) is 5.92 Å². The zero-order valence-corrected chi connectivity index (χ0v) is 6.06. The summed E-state index contributed by atoms with van der Waals surface area (Å²) in [5.41, 5.74) is 5.15. The molecule has 0 aliphatic heterocycles. The summed E-state index contributed by atoms with van der Waals surface area (Å²) in [6.45, 7) is 0. The molecule has 56 valence electrons. The van der Waals surface area contributed by atoms with Crippen LogP contribution in [0.4, 0.5) is 0 Å². The molecule has 0 aromatic rings. The first-order valence-electron chi connectivity index (χ1n) is 2.75. The summed E-state index contributed by atoms with van der Waals surface area (Å²) in [6, 6.07) is -0.822. The fourth-order valence-corrected chi connectivity index (χ4v) is 0.493. The van der Waals surface area contributed by atoms with Crippen LogP contribution in [0.25, 0.3) is 0 Å². The van der Waals surface area contributed by atoms with E-state index in [9.17, 15) is 4.79 Å². The molecule has 0 spiro atoms. The number of rotatable bonds is 3. The van der Waals surface area contributed by atoms with Crippen molar-refractivity contribution in [3.63, 3.8) is 0 Å². The molecule has 4 heteroatoms. The number of nitrogens with two attached hydrogens (primary N) is 1. The van der Waals surface area contributed by atoms with E-state index >= 15 is 0 Å². The van der Waals surface area contributed by atoms with Gasteiger partial charge in [0.2, 0.25) is 0 Å². The van der Waals surface area contributed by atoms with Crippen molar-refractivity contribution in [2.45, 2.75) is 18.9 Å². The zero-order valence-electron chi connectivity index (χ0n) is 5.30. The second-order valence-corrected chi connectivity index (χ2v) is 1.94. The Labute approximate surface area is 64.2 Å². The third-order valence-electron chi connectivity index (χ3n) is 0.964. The summed E-state index contributed by atoms with van der Waals surface area (Å²) < 4.78 is 0. The fourth-order valence-electron chi connectivity index (χ4n) is 0.398. The lowest BCUT2D eigenvalue weighted by atomic mass is 10.2. The van der Waals surface area contributed by atoms with E-state index in [1.165, 1.54) is 0 Å². The SMILES string of the molecule is N[C@@H](CCC#CCl)C(=O)O. The van der Waals surface area contributed by atoms with Crippen molar-refractivity contribution < 1.29 is 9.90 Å². The summed E-state index contributed by atoms with van der Waals surface area (Å²) in [5.74, 6) is 1.50. The highest BCUT2D eigenvalue weighted by molar-refractivity contribution is 6.30. The minimum absolute atomic E-state index is 0.342. The van der Waals surface area contributed by atoms with E-state index in [0.717, 1.165) is 0 Å². The number of carboxylic acid groups (broad SMARTS) is 1. The quantitative estimate of drug-likeness (QED) is 0.589. The molecule has 0 rings (SSSR count). The lowest BCUT2D eigenvalue weighted by molar-refractivity contribution is -0.138. The van der Waals surface area contributed by atoms with Crippen molar-refractivity contribution >= 4 is 17.6 Å². The molecule has 0 bridgehead atoms. The third-order valence-corrected chi connectivity index (χ3v) is 1.10. The standard InChI is InChI=1S/C6H8ClNO2/c7-4-2-1-3-5(8)6(9)10/h5H,1,3,8H2,(H,9,10)/t5-/m0/s1. The lowest BCUT2D eigenvalue weighted by Crippen LogP contribution is -2.29. The van der Waals surface area contributed by atoms with Crippen molar-refractivity contribution in [1.29, 1.82) is 0 Å². The van der Waals surface area contributed by atoms with E-state index in [1.807, 2.05) is 0 Å². The Morgan fingerprint density at radius 1 is 1.80 bits per heavy atom. The van der Waals surface area contributed by atoms with Crippen molar-refractivity contribution in [2.24, 2.45) is 5.73 Å². The monoisotopic (exact) mass is 161 g/mol. The molecule has 0 aromatic carbocycles. The maximum Gasteiger partial charge on any atom is 0.320 e. The molecule has 0 amide bonds. The first kappa shape index (κ1) is 9.28. The van der Waals surface area contributed by atoms with Crippen LogP contribution in [0.5, 0.6) is 0 Å². The van der Waals surface area contributed by atoms with Gasteiger partial charge in [-0.05, 0) is 18.0 Å². The molecular weight excluding hydrogens is 154 g/mol. The molecule has 0 unspecified atom stereocenters. The first-order valence-corrected chi connectivity index (χ1v) is 3.13. The fraction of sp³-hybridized carbons (Fsp3) is 0.500. The number of carboxylic acids is 1. The van der Waals surface area contributed by atoms with Crippen LogP contribution in [0, 0.1) is 11.3 Å². The molecule has 1 atom stereocenters. The Kier molecular flexibility index (Phi) is 4.73. The van der Waals surface area contributed by atoms with Crippen LogP contribution in [-0.4, -0.2) is 17.1 Å². The van der Waals surface area contributed by atoms with E-state index < -0.39 is 12.0 Å². The number of aliphatic carboxylic acids is 1. The van der Waals surface area contributed by atoms with Crippen molar-refractivity contribution in [1.82, 2.24) is 0 Å². The molecule has 0 saturated carbocycles. The Hall–Kier alpha value is -0.720. The molecule has 10 heavy (non-hydrogen) atoms.